The lowest BCUT2D eigenvalue weighted by Gasteiger charge is -2.48. The number of benzene rings is 1. The molecule has 3 heterocycles. The highest BCUT2D eigenvalue weighted by atomic mass is 19.4. The molecule has 9 nitrogen and oxygen atoms in total. The lowest BCUT2D eigenvalue weighted by molar-refractivity contribution is -0.137. The molecule has 1 saturated carbocycles. The molecule has 0 unspecified atom stereocenters. The van der Waals surface area contributed by atoms with E-state index in [4.69, 9.17) is 16.2 Å². The molecule has 2 fully saturated rings. The minimum Gasteiger partial charge on any atom is -0.444 e. The van der Waals surface area contributed by atoms with Gasteiger partial charge in [-0.1, -0.05) is 12.1 Å². The number of hydrogen-bond acceptors (Lipinski definition) is 6. The summed E-state index contributed by atoms with van der Waals surface area (Å²) >= 11 is 0. The van der Waals surface area contributed by atoms with Crippen LogP contribution in [0.5, 0.6) is 0 Å². The van der Waals surface area contributed by atoms with Crippen molar-refractivity contribution < 1.29 is 27.5 Å². The van der Waals surface area contributed by atoms with Crippen LogP contribution in [0.2, 0.25) is 0 Å². The van der Waals surface area contributed by atoms with Gasteiger partial charge in [0.15, 0.2) is 0 Å². The number of primary amides is 1. The molecular formula is C30H37F3N6O3. The topological polar surface area (TPSA) is 129 Å². The van der Waals surface area contributed by atoms with Gasteiger partial charge >= 0.3 is 12.3 Å². The molecule has 5 rings (SSSR count). The van der Waals surface area contributed by atoms with E-state index in [1.807, 2.05) is 20.8 Å². The number of carbonyl (C=O) groups is 2. The van der Waals surface area contributed by atoms with Crippen LogP contribution in [0.4, 0.5) is 18.0 Å². The number of aromatic nitrogens is 2. The van der Waals surface area contributed by atoms with E-state index in [9.17, 15) is 22.8 Å². The summed E-state index contributed by atoms with van der Waals surface area (Å²) in [6, 6.07) is 6.72. The molecule has 2 aromatic rings. The summed E-state index contributed by atoms with van der Waals surface area (Å²) in [7, 11) is 0. The van der Waals surface area contributed by atoms with Crippen LogP contribution in [0.15, 0.2) is 52.8 Å². The fourth-order valence-electron chi connectivity index (χ4n) is 6.53. The fourth-order valence-corrected chi connectivity index (χ4v) is 6.53. The van der Waals surface area contributed by atoms with Gasteiger partial charge in [0.1, 0.15) is 11.3 Å². The van der Waals surface area contributed by atoms with Crippen molar-refractivity contribution in [2.75, 3.05) is 19.6 Å². The Labute approximate surface area is 242 Å². The van der Waals surface area contributed by atoms with Gasteiger partial charge in [-0.15, -0.1) is 0 Å². The zero-order valence-corrected chi connectivity index (χ0v) is 24.1. The summed E-state index contributed by atoms with van der Waals surface area (Å²) in [5, 5.41) is 4.50. The van der Waals surface area contributed by atoms with Crippen molar-refractivity contribution >= 4 is 17.7 Å². The van der Waals surface area contributed by atoms with Crippen LogP contribution in [0.25, 0.3) is 0 Å². The molecule has 1 saturated heterocycles. The molecule has 1 aromatic heterocycles. The van der Waals surface area contributed by atoms with E-state index >= 15 is 0 Å². The molecule has 0 bridgehead atoms. The number of carbonyl (C=O) groups excluding carboxylic acids is 2. The summed E-state index contributed by atoms with van der Waals surface area (Å²) in [6.07, 6.45) is 0.195. The van der Waals surface area contributed by atoms with Crippen molar-refractivity contribution in [1.29, 1.82) is 0 Å². The number of likely N-dealkylation sites (tertiary alicyclic amines) is 1. The first-order valence-electron chi connectivity index (χ1n) is 14.2. The Bertz CT molecular complexity index is 1430. The number of nitrogens with two attached hydrogens (primary N) is 2. The second kappa shape index (κ2) is 10.8. The molecule has 1 aromatic carbocycles. The van der Waals surface area contributed by atoms with E-state index in [0.29, 0.717) is 48.7 Å². The Kier molecular flexibility index (Phi) is 7.61. The third-order valence-electron chi connectivity index (χ3n) is 8.41. The van der Waals surface area contributed by atoms with Crippen LogP contribution in [0.1, 0.15) is 63.3 Å². The van der Waals surface area contributed by atoms with Gasteiger partial charge in [0.05, 0.1) is 23.4 Å². The maximum absolute atomic E-state index is 13.1. The van der Waals surface area contributed by atoms with Crippen LogP contribution >= 0.6 is 0 Å². The molecule has 1 aliphatic carbocycles. The number of ether oxygens (including phenoxy) is 1. The number of nitrogens with zero attached hydrogens (tertiary/aromatic N) is 4. The fraction of sp³-hybridized carbons (Fsp3) is 0.533. The quantitative estimate of drug-likeness (QED) is 0.533. The molecule has 12 heteroatoms. The maximum Gasteiger partial charge on any atom is 0.416 e. The zero-order chi connectivity index (χ0) is 30.4. The Morgan fingerprint density at radius 1 is 1.17 bits per heavy atom. The molecule has 0 radical (unpaired) electrons. The standard InChI is InChI=1S/C30H37F3N6O3/c1-28(2,3)42-27(41)38-12-9-29(17-38)14-19(15-29)21-7-10-36-25(23(24(21)34)26(35)40)22-8-11-39(37-22)16-18-5-4-6-20(13-18)30(31,32)33/h4-6,8,11,13,19,21H,7,9-10,12,14-17,34H2,1-3H3,(H2,35,40)/t19?,21-,29?/m1/s1. The monoisotopic (exact) mass is 586 g/mol. The number of alkyl halides is 3. The van der Waals surface area contributed by atoms with E-state index in [1.165, 1.54) is 10.7 Å². The first-order valence-corrected chi connectivity index (χ1v) is 14.2. The normalized spacial score (nSPS) is 24.8. The van der Waals surface area contributed by atoms with E-state index < -0.39 is 23.2 Å². The summed E-state index contributed by atoms with van der Waals surface area (Å²) in [5.74, 6) is -0.565. The highest BCUT2D eigenvalue weighted by Crippen LogP contribution is 2.56. The molecule has 226 valence electrons. The summed E-state index contributed by atoms with van der Waals surface area (Å²) < 4.78 is 46.5. The van der Waals surface area contributed by atoms with Crippen LogP contribution in [-0.4, -0.2) is 57.6 Å². The summed E-state index contributed by atoms with van der Waals surface area (Å²) in [5.41, 5.74) is 12.9. The number of aliphatic imine (C=N–C) groups is 1. The SMILES string of the molecule is CC(C)(C)OC(=O)N1CCC2(CC([C@H]3CCN=C(c4ccn(Cc5cccc(C(F)(F)F)c5)n4)C(C(N)=O)=C3N)C2)C1. The zero-order valence-electron chi connectivity index (χ0n) is 24.1. The Morgan fingerprint density at radius 3 is 2.57 bits per heavy atom. The van der Waals surface area contributed by atoms with Crippen molar-refractivity contribution in [3.8, 4) is 0 Å². The second-order valence-electron chi connectivity index (χ2n) is 12.7. The van der Waals surface area contributed by atoms with Crippen LogP contribution in [-0.2, 0) is 22.3 Å². The van der Waals surface area contributed by atoms with E-state index in [-0.39, 0.29) is 35.5 Å². The molecule has 1 atom stereocenters. The number of amides is 2. The Balaban J connectivity index is 1.29. The number of rotatable bonds is 5. The maximum atomic E-state index is 13.1. The average molecular weight is 587 g/mol. The van der Waals surface area contributed by atoms with Crippen molar-refractivity contribution in [1.82, 2.24) is 14.7 Å². The van der Waals surface area contributed by atoms with Gasteiger partial charge in [0.25, 0.3) is 5.91 Å². The predicted molar refractivity (Wildman–Crippen MR) is 150 cm³/mol. The van der Waals surface area contributed by atoms with Gasteiger partial charge in [-0.3, -0.25) is 14.5 Å². The van der Waals surface area contributed by atoms with Gasteiger partial charge in [-0.05, 0) is 81.5 Å². The van der Waals surface area contributed by atoms with Crippen LogP contribution in [0, 0.1) is 17.3 Å². The Hall–Kier alpha value is -3.83. The lowest BCUT2D eigenvalue weighted by Crippen LogP contribution is -2.45. The molecule has 42 heavy (non-hydrogen) atoms. The van der Waals surface area contributed by atoms with Crippen molar-refractivity contribution in [2.45, 2.75) is 64.8 Å². The molecule has 1 spiro atoms. The summed E-state index contributed by atoms with van der Waals surface area (Å²) in [4.78, 5) is 31.7. The largest absolute Gasteiger partial charge is 0.444 e. The third kappa shape index (κ3) is 6.17. The minimum atomic E-state index is -4.44. The Morgan fingerprint density at radius 2 is 1.90 bits per heavy atom. The van der Waals surface area contributed by atoms with Crippen LogP contribution in [0.3, 0.4) is 0 Å². The van der Waals surface area contributed by atoms with Gasteiger partial charge < -0.3 is 21.1 Å². The molecule has 3 aliphatic rings. The van der Waals surface area contributed by atoms with E-state index in [0.717, 1.165) is 31.4 Å². The minimum absolute atomic E-state index is 0.0208. The number of halogens is 3. The highest BCUT2D eigenvalue weighted by molar-refractivity contribution is 6.27. The first kappa shape index (κ1) is 29.7. The first-order chi connectivity index (χ1) is 19.6. The van der Waals surface area contributed by atoms with Crippen molar-refractivity contribution in [3.63, 3.8) is 0 Å². The van der Waals surface area contributed by atoms with Gasteiger partial charge in [-0.25, -0.2) is 4.79 Å². The third-order valence-corrected chi connectivity index (χ3v) is 8.41. The second-order valence-corrected chi connectivity index (χ2v) is 12.7. The highest BCUT2D eigenvalue weighted by Gasteiger charge is 2.52. The molecule has 2 amide bonds. The van der Waals surface area contributed by atoms with Crippen molar-refractivity contribution in [2.24, 2.45) is 33.7 Å². The molecular weight excluding hydrogens is 549 g/mol. The van der Waals surface area contributed by atoms with Gasteiger partial charge in [0, 0.05) is 37.4 Å². The number of allylic oxidation sites excluding steroid dienone is 1. The number of hydrogen-bond donors (Lipinski definition) is 2. The average Bonchev–Trinajstić information content (AvgIpc) is 3.48. The predicted octanol–water partition coefficient (Wildman–Crippen LogP) is 4.49. The van der Waals surface area contributed by atoms with Crippen molar-refractivity contribution in [3.05, 3.63) is 64.6 Å². The molecule has 2 aliphatic heterocycles. The van der Waals surface area contributed by atoms with E-state index in [1.54, 1.807) is 23.2 Å². The summed E-state index contributed by atoms with van der Waals surface area (Å²) in [6.45, 7) is 7.38. The van der Waals surface area contributed by atoms with Gasteiger partial charge in [-0.2, -0.15) is 18.3 Å². The van der Waals surface area contributed by atoms with E-state index in [2.05, 4.69) is 10.1 Å². The molecule has 4 N–H and O–H groups in total. The lowest BCUT2D eigenvalue weighted by atomic mass is 9.56. The van der Waals surface area contributed by atoms with Gasteiger partial charge in [0.2, 0.25) is 0 Å². The smallest absolute Gasteiger partial charge is 0.416 e. The van der Waals surface area contributed by atoms with Crippen LogP contribution < -0.4 is 11.5 Å².